The Kier molecular flexibility index (Phi) is 5.55. The number of aromatic nitrogens is 1. The zero-order valence-corrected chi connectivity index (χ0v) is 18.1. The number of hydrogen-bond acceptors (Lipinski definition) is 4. The molecule has 1 fully saturated rings. The van der Waals surface area contributed by atoms with Crippen molar-refractivity contribution >= 4 is 21.6 Å². The quantitative estimate of drug-likeness (QED) is 0.791. The summed E-state index contributed by atoms with van der Waals surface area (Å²) >= 11 is 0. The third-order valence-electron chi connectivity index (χ3n) is 5.93. The molecule has 2 atom stereocenters. The highest BCUT2D eigenvalue weighted by Gasteiger charge is 2.39. The number of piperidine rings is 1. The lowest BCUT2D eigenvalue weighted by atomic mass is 9.81. The summed E-state index contributed by atoms with van der Waals surface area (Å²) in [5.74, 6) is 0.167. The van der Waals surface area contributed by atoms with Crippen LogP contribution in [0.5, 0.6) is 0 Å². The number of benzene rings is 1. The van der Waals surface area contributed by atoms with Gasteiger partial charge in [-0.15, -0.1) is 0 Å². The highest BCUT2D eigenvalue weighted by molar-refractivity contribution is 7.89. The lowest BCUT2D eigenvalue weighted by Crippen LogP contribution is -2.49. The first-order valence-electron chi connectivity index (χ1n) is 10.4. The Morgan fingerprint density at radius 1 is 1.10 bits per heavy atom. The Bertz CT molecular complexity index is 1120. The molecule has 0 radical (unpaired) electrons. The Labute approximate surface area is 176 Å². The molecule has 1 N–H and O–H groups in total. The second-order valence-electron chi connectivity index (χ2n) is 8.27. The molecule has 2 aliphatic rings. The van der Waals surface area contributed by atoms with Crippen LogP contribution in [-0.4, -0.2) is 42.0 Å². The number of fused-ring (bicyclic) bond motifs is 4. The third-order valence-corrected chi connectivity index (χ3v) is 7.94. The van der Waals surface area contributed by atoms with E-state index in [-0.39, 0.29) is 29.1 Å². The van der Waals surface area contributed by atoms with E-state index in [4.69, 9.17) is 0 Å². The van der Waals surface area contributed by atoms with Gasteiger partial charge in [-0.2, -0.15) is 0 Å². The fourth-order valence-electron chi connectivity index (χ4n) is 4.77. The number of carbonyl (C=O) groups excluding carboxylic acids is 1. The van der Waals surface area contributed by atoms with Crippen molar-refractivity contribution < 1.29 is 13.2 Å². The molecule has 0 aliphatic carbocycles. The molecule has 2 bridgehead atoms. The van der Waals surface area contributed by atoms with Gasteiger partial charge in [0.1, 0.15) is 0 Å². The van der Waals surface area contributed by atoms with Crippen LogP contribution in [0.3, 0.4) is 0 Å². The molecular weight excluding hydrogens is 402 g/mol. The fourth-order valence-corrected chi connectivity index (χ4v) is 6.38. The maximum Gasteiger partial charge on any atom is 0.250 e. The minimum Gasteiger partial charge on any atom is -0.326 e. The number of anilines is 1. The molecule has 3 heterocycles. The predicted octanol–water partition coefficient (Wildman–Crippen LogP) is 2.63. The first-order valence-corrected chi connectivity index (χ1v) is 12.0. The van der Waals surface area contributed by atoms with Crippen molar-refractivity contribution in [1.29, 1.82) is 0 Å². The van der Waals surface area contributed by atoms with Crippen molar-refractivity contribution in [2.24, 2.45) is 5.92 Å². The van der Waals surface area contributed by atoms with Crippen LogP contribution in [0.1, 0.15) is 38.3 Å². The van der Waals surface area contributed by atoms with E-state index in [1.165, 1.54) is 6.92 Å². The first-order chi connectivity index (χ1) is 14.3. The molecular formula is C22H27N3O4S. The fraction of sp³-hybridized carbons (Fsp3) is 0.455. The maximum atomic E-state index is 12.7. The van der Waals surface area contributed by atoms with Crippen LogP contribution in [0.25, 0.3) is 11.1 Å². The summed E-state index contributed by atoms with van der Waals surface area (Å²) in [5.41, 5.74) is 3.48. The molecule has 7 nitrogen and oxygen atoms in total. The van der Waals surface area contributed by atoms with Gasteiger partial charge in [-0.05, 0) is 42.5 Å². The molecule has 1 saturated heterocycles. The van der Waals surface area contributed by atoms with Gasteiger partial charge >= 0.3 is 0 Å². The van der Waals surface area contributed by atoms with E-state index >= 15 is 0 Å². The molecule has 30 heavy (non-hydrogen) atoms. The molecule has 4 rings (SSSR count). The number of nitrogens with zero attached hydrogens (tertiary/aromatic N) is 2. The average molecular weight is 430 g/mol. The first kappa shape index (κ1) is 20.8. The van der Waals surface area contributed by atoms with Crippen molar-refractivity contribution in [3.63, 3.8) is 0 Å². The Morgan fingerprint density at radius 2 is 1.83 bits per heavy atom. The topological polar surface area (TPSA) is 88.5 Å². The molecule has 1 amide bonds. The summed E-state index contributed by atoms with van der Waals surface area (Å²) in [7, 11) is -3.28. The number of pyridine rings is 1. The van der Waals surface area contributed by atoms with Crippen LogP contribution in [0.2, 0.25) is 0 Å². The van der Waals surface area contributed by atoms with E-state index in [1.807, 2.05) is 41.8 Å². The van der Waals surface area contributed by atoms with Crippen molar-refractivity contribution in [2.75, 3.05) is 24.2 Å². The summed E-state index contributed by atoms with van der Waals surface area (Å²) in [4.78, 5) is 23.9. The molecule has 0 unspecified atom stereocenters. The summed E-state index contributed by atoms with van der Waals surface area (Å²) in [6.45, 7) is 4.78. The van der Waals surface area contributed by atoms with E-state index < -0.39 is 10.0 Å². The second kappa shape index (κ2) is 8.00. The second-order valence-corrected chi connectivity index (χ2v) is 10.4. The third kappa shape index (κ3) is 3.94. The summed E-state index contributed by atoms with van der Waals surface area (Å²) in [6, 6.07) is 10.9. The van der Waals surface area contributed by atoms with Crippen LogP contribution in [-0.2, 0) is 21.4 Å². The number of carbonyl (C=O) groups is 1. The van der Waals surface area contributed by atoms with Crippen molar-refractivity contribution in [3.05, 3.63) is 52.4 Å². The summed E-state index contributed by atoms with van der Waals surface area (Å²) in [5, 5.41) is 2.76. The van der Waals surface area contributed by atoms with Gasteiger partial charge in [-0.3, -0.25) is 9.59 Å². The van der Waals surface area contributed by atoms with Gasteiger partial charge in [0.05, 0.1) is 5.75 Å². The Hall–Kier alpha value is -2.45. The number of sulfonamides is 1. The van der Waals surface area contributed by atoms with Gasteiger partial charge in [0.25, 0.3) is 5.56 Å². The molecule has 2 aliphatic heterocycles. The van der Waals surface area contributed by atoms with Crippen LogP contribution in [0.15, 0.2) is 41.2 Å². The van der Waals surface area contributed by atoms with Crippen molar-refractivity contribution in [2.45, 2.75) is 39.2 Å². The number of hydrogen-bond donors (Lipinski definition) is 1. The van der Waals surface area contributed by atoms with Crippen LogP contribution in [0.4, 0.5) is 5.69 Å². The standard InChI is InChI=1S/C22H27N3O4S/c1-3-10-30(28,29)24-12-16-11-18(14-24)22-20(8-9-21(27)25(22)13-16)17-4-6-19(7-5-17)23-15(2)26/h4-9,16,18H,3,10-14H2,1-2H3,(H,23,26)/t16-,18+/m0/s1. The molecule has 160 valence electrons. The molecule has 1 aromatic heterocycles. The minimum absolute atomic E-state index is 0.0111. The molecule has 8 heteroatoms. The number of amides is 1. The van der Waals surface area contributed by atoms with Crippen molar-refractivity contribution in [1.82, 2.24) is 8.87 Å². The van der Waals surface area contributed by atoms with E-state index in [0.29, 0.717) is 31.7 Å². The largest absolute Gasteiger partial charge is 0.326 e. The monoisotopic (exact) mass is 429 g/mol. The minimum atomic E-state index is -3.28. The number of nitrogens with one attached hydrogen (secondary N) is 1. The molecule has 0 spiro atoms. The molecule has 2 aromatic rings. The van der Waals surface area contributed by atoms with Crippen LogP contribution in [0, 0.1) is 5.92 Å². The highest BCUT2D eigenvalue weighted by Crippen LogP contribution is 2.40. The summed E-state index contributed by atoms with van der Waals surface area (Å²) in [6.07, 6.45) is 1.48. The molecule has 0 saturated carbocycles. The SMILES string of the molecule is CCCS(=O)(=O)N1C[C@@H]2C[C@H](C1)c1c(-c3ccc(NC(C)=O)cc3)ccc(=O)n1C2. The zero-order chi connectivity index (χ0) is 21.5. The molecule has 1 aromatic carbocycles. The predicted molar refractivity (Wildman–Crippen MR) is 117 cm³/mol. The van der Waals surface area contributed by atoms with Gasteiger partial charge < -0.3 is 9.88 Å². The van der Waals surface area contributed by atoms with E-state index in [0.717, 1.165) is 23.2 Å². The maximum absolute atomic E-state index is 12.7. The highest BCUT2D eigenvalue weighted by atomic mass is 32.2. The smallest absolute Gasteiger partial charge is 0.250 e. The lowest BCUT2D eigenvalue weighted by Gasteiger charge is -2.43. The van der Waals surface area contributed by atoms with Crippen LogP contribution >= 0.6 is 0 Å². The van der Waals surface area contributed by atoms with Gasteiger partial charge in [-0.1, -0.05) is 19.1 Å². The average Bonchev–Trinajstić information content (AvgIpc) is 2.69. The Balaban J connectivity index is 1.73. The number of rotatable bonds is 5. The Morgan fingerprint density at radius 3 is 2.50 bits per heavy atom. The van der Waals surface area contributed by atoms with Crippen LogP contribution < -0.4 is 10.9 Å². The summed E-state index contributed by atoms with van der Waals surface area (Å²) < 4.78 is 28.9. The normalized spacial score (nSPS) is 21.1. The van der Waals surface area contributed by atoms with Crippen molar-refractivity contribution in [3.8, 4) is 11.1 Å². The van der Waals surface area contributed by atoms with Gasteiger partial charge in [0, 0.05) is 55.5 Å². The lowest BCUT2D eigenvalue weighted by molar-refractivity contribution is -0.114. The van der Waals surface area contributed by atoms with E-state index in [9.17, 15) is 18.0 Å². The van der Waals surface area contributed by atoms with Gasteiger partial charge in [-0.25, -0.2) is 12.7 Å². The van der Waals surface area contributed by atoms with E-state index in [2.05, 4.69) is 5.32 Å². The van der Waals surface area contributed by atoms with Gasteiger partial charge in [0.15, 0.2) is 0 Å². The van der Waals surface area contributed by atoms with Gasteiger partial charge in [0.2, 0.25) is 15.9 Å². The zero-order valence-electron chi connectivity index (χ0n) is 17.3. The van der Waals surface area contributed by atoms with E-state index in [1.54, 1.807) is 10.4 Å².